The molecule has 0 aliphatic heterocycles. The van der Waals surface area contributed by atoms with Crippen LogP contribution in [0.3, 0.4) is 0 Å². The van der Waals surface area contributed by atoms with Crippen LogP contribution in [0.5, 0.6) is 11.5 Å². The molecule has 4 heteroatoms. The molecule has 0 saturated heterocycles. The first-order valence-electron chi connectivity index (χ1n) is 9.39. The van der Waals surface area contributed by atoms with Crippen LogP contribution in [0.2, 0.25) is 0 Å². The molecular weight excluding hydrogens is 348 g/mol. The van der Waals surface area contributed by atoms with Crippen molar-refractivity contribution in [3.05, 3.63) is 89.5 Å². The molecule has 0 atom stereocenters. The Hall–Kier alpha value is -3.27. The minimum atomic E-state index is 0.429. The van der Waals surface area contributed by atoms with Gasteiger partial charge < -0.3 is 9.47 Å². The maximum atomic E-state index is 5.96. The lowest BCUT2D eigenvalue weighted by Gasteiger charge is -2.12. The average Bonchev–Trinajstić information content (AvgIpc) is 2.73. The Balaban J connectivity index is 1.66. The van der Waals surface area contributed by atoms with Crippen molar-refractivity contribution in [2.24, 2.45) is 5.10 Å². The predicted molar refractivity (Wildman–Crippen MR) is 116 cm³/mol. The quantitative estimate of drug-likeness (QED) is 0.398. The summed E-state index contributed by atoms with van der Waals surface area (Å²) in [4.78, 5) is 0. The third kappa shape index (κ3) is 5.36. The van der Waals surface area contributed by atoms with Gasteiger partial charge in [-0.3, -0.25) is 5.43 Å². The second-order valence-electron chi connectivity index (χ2n) is 6.82. The van der Waals surface area contributed by atoms with Gasteiger partial charge in [0.25, 0.3) is 0 Å². The van der Waals surface area contributed by atoms with Gasteiger partial charge in [-0.25, -0.2) is 0 Å². The van der Waals surface area contributed by atoms with Crippen molar-refractivity contribution in [2.75, 3.05) is 12.5 Å². The van der Waals surface area contributed by atoms with Crippen molar-refractivity contribution in [1.82, 2.24) is 0 Å². The molecule has 0 spiro atoms. The van der Waals surface area contributed by atoms with E-state index in [0.29, 0.717) is 12.5 Å². The second-order valence-corrected chi connectivity index (χ2v) is 6.82. The molecule has 0 aromatic heterocycles. The SMILES string of the molecule is COc1ccc(C=NNc2ccccc2)cc1COc1ccc(C(C)C)cc1. The Kier molecular flexibility index (Phi) is 6.68. The molecular formula is C24H26N2O2. The number of methoxy groups -OCH3 is 1. The largest absolute Gasteiger partial charge is 0.496 e. The molecule has 144 valence electrons. The number of hydrogen-bond donors (Lipinski definition) is 1. The second kappa shape index (κ2) is 9.60. The van der Waals surface area contributed by atoms with Gasteiger partial charge in [-0.05, 0) is 59.5 Å². The highest BCUT2D eigenvalue weighted by Gasteiger charge is 2.06. The van der Waals surface area contributed by atoms with Crippen LogP contribution >= 0.6 is 0 Å². The van der Waals surface area contributed by atoms with E-state index < -0.39 is 0 Å². The summed E-state index contributed by atoms with van der Waals surface area (Å²) in [5.74, 6) is 2.15. The Morgan fingerprint density at radius 3 is 2.39 bits per heavy atom. The van der Waals surface area contributed by atoms with Crippen molar-refractivity contribution in [2.45, 2.75) is 26.4 Å². The number of hydrazone groups is 1. The van der Waals surface area contributed by atoms with Gasteiger partial charge in [0.15, 0.2) is 0 Å². The van der Waals surface area contributed by atoms with Gasteiger partial charge in [0, 0.05) is 5.56 Å². The van der Waals surface area contributed by atoms with E-state index in [0.717, 1.165) is 28.3 Å². The van der Waals surface area contributed by atoms with Gasteiger partial charge in [0.1, 0.15) is 18.1 Å². The molecule has 3 aromatic rings. The van der Waals surface area contributed by atoms with E-state index in [4.69, 9.17) is 9.47 Å². The van der Waals surface area contributed by atoms with Crippen LogP contribution < -0.4 is 14.9 Å². The summed E-state index contributed by atoms with van der Waals surface area (Å²) in [6, 6.07) is 24.0. The van der Waals surface area contributed by atoms with Gasteiger partial charge in [-0.1, -0.05) is 44.2 Å². The topological polar surface area (TPSA) is 42.8 Å². The maximum absolute atomic E-state index is 5.96. The van der Waals surface area contributed by atoms with E-state index in [2.05, 4.69) is 36.5 Å². The van der Waals surface area contributed by atoms with Crippen LogP contribution in [0.15, 0.2) is 77.9 Å². The Morgan fingerprint density at radius 2 is 1.71 bits per heavy atom. The zero-order valence-electron chi connectivity index (χ0n) is 16.6. The Bertz CT molecular complexity index is 904. The predicted octanol–water partition coefficient (Wildman–Crippen LogP) is 5.84. The number of anilines is 1. The molecule has 0 heterocycles. The zero-order valence-corrected chi connectivity index (χ0v) is 16.6. The normalized spacial score (nSPS) is 11.0. The monoisotopic (exact) mass is 374 g/mol. The van der Waals surface area contributed by atoms with Gasteiger partial charge in [0.05, 0.1) is 19.0 Å². The van der Waals surface area contributed by atoms with Crippen LogP contribution in [0.1, 0.15) is 36.5 Å². The molecule has 28 heavy (non-hydrogen) atoms. The van der Waals surface area contributed by atoms with Crippen molar-refractivity contribution in [3.63, 3.8) is 0 Å². The lowest BCUT2D eigenvalue weighted by atomic mass is 10.0. The summed E-state index contributed by atoms with van der Waals surface area (Å²) >= 11 is 0. The van der Waals surface area contributed by atoms with Crippen molar-refractivity contribution in [3.8, 4) is 11.5 Å². The van der Waals surface area contributed by atoms with Gasteiger partial charge in [0.2, 0.25) is 0 Å². The van der Waals surface area contributed by atoms with E-state index in [-0.39, 0.29) is 0 Å². The molecule has 0 aliphatic carbocycles. The molecule has 0 aliphatic rings. The first kappa shape index (κ1) is 19.5. The van der Waals surface area contributed by atoms with Gasteiger partial charge in [-0.15, -0.1) is 0 Å². The highest BCUT2D eigenvalue weighted by molar-refractivity contribution is 5.81. The lowest BCUT2D eigenvalue weighted by molar-refractivity contribution is 0.296. The highest BCUT2D eigenvalue weighted by Crippen LogP contribution is 2.23. The minimum absolute atomic E-state index is 0.429. The smallest absolute Gasteiger partial charge is 0.125 e. The van der Waals surface area contributed by atoms with E-state index in [1.54, 1.807) is 13.3 Å². The van der Waals surface area contributed by atoms with Crippen molar-refractivity contribution >= 4 is 11.9 Å². The third-order valence-corrected chi connectivity index (χ3v) is 4.43. The number of ether oxygens (including phenoxy) is 2. The van der Waals surface area contributed by atoms with E-state index in [9.17, 15) is 0 Å². The summed E-state index contributed by atoms with van der Waals surface area (Å²) in [5.41, 5.74) is 7.21. The van der Waals surface area contributed by atoms with E-state index >= 15 is 0 Å². The number of rotatable bonds is 8. The Morgan fingerprint density at radius 1 is 0.964 bits per heavy atom. The van der Waals surface area contributed by atoms with Gasteiger partial charge >= 0.3 is 0 Å². The molecule has 3 rings (SSSR count). The number of hydrogen-bond acceptors (Lipinski definition) is 4. The van der Waals surface area contributed by atoms with E-state index in [1.165, 1.54) is 5.56 Å². The molecule has 0 fully saturated rings. The summed E-state index contributed by atoms with van der Waals surface area (Å²) in [6.07, 6.45) is 1.79. The summed E-state index contributed by atoms with van der Waals surface area (Å²) in [7, 11) is 1.67. The fraction of sp³-hybridized carbons (Fsp3) is 0.208. The van der Waals surface area contributed by atoms with Crippen LogP contribution in [-0.2, 0) is 6.61 Å². The molecule has 0 amide bonds. The van der Waals surface area contributed by atoms with Crippen molar-refractivity contribution < 1.29 is 9.47 Å². The number of nitrogens with zero attached hydrogens (tertiary/aromatic N) is 1. The molecule has 4 nitrogen and oxygen atoms in total. The number of para-hydroxylation sites is 1. The zero-order chi connectivity index (χ0) is 19.8. The first-order chi connectivity index (χ1) is 13.7. The highest BCUT2D eigenvalue weighted by atomic mass is 16.5. The Labute approximate surface area is 166 Å². The molecule has 0 radical (unpaired) electrons. The lowest BCUT2D eigenvalue weighted by Crippen LogP contribution is -2.00. The molecule has 0 unspecified atom stereocenters. The summed E-state index contributed by atoms with van der Waals surface area (Å²) in [6.45, 7) is 4.79. The summed E-state index contributed by atoms with van der Waals surface area (Å²) in [5, 5.41) is 4.30. The molecule has 1 N–H and O–H groups in total. The number of nitrogens with one attached hydrogen (secondary N) is 1. The van der Waals surface area contributed by atoms with E-state index in [1.807, 2.05) is 60.7 Å². The number of benzene rings is 3. The maximum Gasteiger partial charge on any atom is 0.125 e. The molecule has 3 aromatic carbocycles. The molecule has 0 saturated carbocycles. The fourth-order valence-corrected chi connectivity index (χ4v) is 2.80. The van der Waals surface area contributed by atoms with Crippen LogP contribution in [0, 0.1) is 0 Å². The van der Waals surface area contributed by atoms with Crippen LogP contribution in [0.4, 0.5) is 5.69 Å². The molecule has 0 bridgehead atoms. The minimum Gasteiger partial charge on any atom is -0.496 e. The summed E-state index contributed by atoms with van der Waals surface area (Å²) < 4.78 is 11.4. The van der Waals surface area contributed by atoms with Crippen LogP contribution in [-0.4, -0.2) is 13.3 Å². The van der Waals surface area contributed by atoms with Crippen molar-refractivity contribution in [1.29, 1.82) is 0 Å². The fourth-order valence-electron chi connectivity index (χ4n) is 2.80. The average molecular weight is 374 g/mol. The van der Waals surface area contributed by atoms with Gasteiger partial charge in [-0.2, -0.15) is 5.10 Å². The van der Waals surface area contributed by atoms with Crippen LogP contribution in [0.25, 0.3) is 0 Å². The third-order valence-electron chi connectivity index (χ3n) is 4.43. The standard InChI is InChI=1S/C24H26N2O2/c1-18(2)20-10-12-23(13-11-20)28-17-21-15-19(9-14-24(21)27-3)16-25-26-22-7-5-4-6-8-22/h4-16,18,26H,17H2,1-3H3. The first-order valence-corrected chi connectivity index (χ1v) is 9.39.